The van der Waals surface area contributed by atoms with Crippen molar-refractivity contribution >= 4 is 23.3 Å². The van der Waals surface area contributed by atoms with Crippen molar-refractivity contribution < 1.29 is 14.6 Å². The quantitative estimate of drug-likeness (QED) is 0.910. The van der Waals surface area contributed by atoms with E-state index < -0.39 is 5.97 Å². The molecule has 108 valence electrons. The van der Waals surface area contributed by atoms with E-state index in [4.69, 9.17) is 21.4 Å². The van der Waals surface area contributed by atoms with Crippen LogP contribution in [0.1, 0.15) is 36.0 Å². The fourth-order valence-corrected chi connectivity index (χ4v) is 3.53. The summed E-state index contributed by atoms with van der Waals surface area (Å²) in [4.78, 5) is 13.3. The molecule has 1 aromatic rings. The lowest BCUT2D eigenvalue weighted by molar-refractivity contribution is -0.00868. The Hall–Kier alpha value is -1.26. The Labute approximate surface area is 123 Å². The van der Waals surface area contributed by atoms with Crippen LogP contribution in [0.25, 0.3) is 0 Å². The average molecular weight is 296 g/mol. The number of hydrogen-bond acceptors (Lipinski definition) is 3. The molecular weight excluding hydrogens is 278 g/mol. The summed E-state index contributed by atoms with van der Waals surface area (Å²) in [6, 6.07) is 5.60. The van der Waals surface area contributed by atoms with E-state index in [1.165, 1.54) is 12.8 Å². The zero-order valence-electron chi connectivity index (χ0n) is 11.2. The van der Waals surface area contributed by atoms with E-state index >= 15 is 0 Å². The number of carbonyl (C=O) groups is 1. The highest BCUT2D eigenvalue weighted by molar-refractivity contribution is 6.33. The van der Waals surface area contributed by atoms with Crippen molar-refractivity contribution in [3.63, 3.8) is 0 Å². The first-order valence-electron chi connectivity index (χ1n) is 7.08. The molecule has 1 saturated carbocycles. The van der Waals surface area contributed by atoms with Crippen LogP contribution in [0.15, 0.2) is 18.2 Å². The lowest BCUT2D eigenvalue weighted by Crippen LogP contribution is -2.52. The van der Waals surface area contributed by atoms with Gasteiger partial charge in [-0.15, -0.1) is 0 Å². The number of benzene rings is 1. The van der Waals surface area contributed by atoms with E-state index in [0.717, 1.165) is 31.7 Å². The molecule has 0 radical (unpaired) electrons. The van der Waals surface area contributed by atoms with Crippen molar-refractivity contribution in [2.24, 2.45) is 0 Å². The summed E-state index contributed by atoms with van der Waals surface area (Å²) in [6.45, 7) is 1.56. The van der Waals surface area contributed by atoms with Gasteiger partial charge in [0.1, 0.15) is 0 Å². The first kappa shape index (κ1) is 13.7. The third-order valence-electron chi connectivity index (χ3n) is 4.25. The Morgan fingerprint density at radius 1 is 1.35 bits per heavy atom. The normalized spacial score (nSPS) is 26.1. The lowest BCUT2D eigenvalue weighted by Gasteiger charge is -2.45. The molecule has 1 saturated heterocycles. The summed E-state index contributed by atoms with van der Waals surface area (Å²) < 4.78 is 5.86. The van der Waals surface area contributed by atoms with Gasteiger partial charge in [-0.05, 0) is 31.0 Å². The Morgan fingerprint density at radius 2 is 2.15 bits per heavy atom. The fraction of sp³-hybridized carbons (Fsp3) is 0.533. The third-order valence-corrected chi connectivity index (χ3v) is 4.56. The Kier molecular flexibility index (Phi) is 3.85. The minimum atomic E-state index is -0.987. The number of carboxylic acids is 1. The topological polar surface area (TPSA) is 49.8 Å². The molecule has 2 fully saturated rings. The van der Waals surface area contributed by atoms with Gasteiger partial charge in [0, 0.05) is 12.2 Å². The number of hydrogen-bond donors (Lipinski definition) is 1. The summed E-state index contributed by atoms with van der Waals surface area (Å²) in [6.07, 6.45) is 5.00. The van der Waals surface area contributed by atoms with Crippen LogP contribution >= 0.6 is 11.6 Å². The van der Waals surface area contributed by atoms with Gasteiger partial charge in [-0.25, -0.2) is 4.79 Å². The molecular formula is C15H18ClNO3. The second-order valence-corrected chi connectivity index (χ2v) is 5.83. The zero-order valence-corrected chi connectivity index (χ0v) is 12.0. The number of anilines is 1. The Morgan fingerprint density at radius 3 is 2.90 bits per heavy atom. The van der Waals surface area contributed by atoms with Gasteiger partial charge in [-0.1, -0.05) is 24.4 Å². The van der Waals surface area contributed by atoms with E-state index in [1.807, 2.05) is 6.07 Å². The molecule has 0 spiro atoms. The Balaban J connectivity index is 1.87. The van der Waals surface area contributed by atoms with Gasteiger partial charge in [0.2, 0.25) is 0 Å². The number of aromatic carboxylic acids is 1. The molecule has 0 aromatic heterocycles. The summed E-state index contributed by atoms with van der Waals surface area (Å²) in [7, 11) is 0. The number of morpholine rings is 1. The van der Waals surface area contributed by atoms with E-state index in [-0.39, 0.29) is 5.56 Å². The fourth-order valence-electron chi connectivity index (χ4n) is 3.27. The van der Waals surface area contributed by atoms with Crippen molar-refractivity contribution in [1.82, 2.24) is 0 Å². The predicted molar refractivity (Wildman–Crippen MR) is 77.8 cm³/mol. The van der Waals surface area contributed by atoms with Crippen LogP contribution in [0.2, 0.25) is 5.02 Å². The monoisotopic (exact) mass is 295 g/mol. The molecule has 2 aliphatic rings. The maximum Gasteiger partial charge on any atom is 0.337 e. The minimum absolute atomic E-state index is 0.156. The molecule has 20 heavy (non-hydrogen) atoms. The SMILES string of the molecule is O=C(O)c1ccc(N2CCOC3CCCCC32)cc1Cl. The maximum atomic E-state index is 11.0. The van der Waals surface area contributed by atoms with Crippen LogP contribution in [0.3, 0.4) is 0 Å². The molecule has 4 nitrogen and oxygen atoms in total. The number of fused-ring (bicyclic) bond motifs is 1. The van der Waals surface area contributed by atoms with Crippen LogP contribution in [-0.2, 0) is 4.74 Å². The molecule has 1 aliphatic heterocycles. The van der Waals surface area contributed by atoms with Crippen molar-refractivity contribution in [3.8, 4) is 0 Å². The number of ether oxygens (including phenoxy) is 1. The van der Waals surface area contributed by atoms with E-state index in [0.29, 0.717) is 17.2 Å². The third kappa shape index (κ3) is 2.50. The molecule has 1 heterocycles. The summed E-state index contributed by atoms with van der Waals surface area (Å²) in [5.74, 6) is -0.987. The first-order chi connectivity index (χ1) is 9.66. The van der Waals surface area contributed by atoms with Gasteiger partial charge in [-0.2, -0.15) is 0 Å². The molecule has 1 N–H and O–H groups in total. The van der Waals surface area contributed by atoms with Gasteiger partial charge in [0.25, 0.3) is 0 Å². The van der Waals surface area contributed by atoms with Gasteiger partial charge >= 0.3 is 5.97 Å². The summed E-state index contributed by atoms with van der Waals surface area (Å²) in [5, 5.41) is 9.34. The smallest absolute Gasteiger partial charge is 0.337 e. The summed E-state index contributed by atoms with van der Waals surface area (Å²) >= 11 is 6.08. The molecule has 5 heteroatoms. The number of rotatable bonds is 2. The molecule has 2 atom stereocenters. The van der Waals surface area contributed by atoms with Crippen LogP contribution in [0.4, 0.5) is 5.69 Å². The lowest BCUT2D eigenvalue weighted by atomic mass is 9.89. The molecule has 0 amide bonds. The highest BCUT2D eigenvalue weighted by Crippen LogP contribution is 2.33. The maximum absolute atomic E-state index is 11.0. The molecule has 3 rings (SSSR count). The van der Waals surface area contributed by atoms with Crippen LogP contribution in [-0.4, -0.2) is 36.4 Å². The van der Waals surface area contributed by atoms with Gasteiger partial charge in [0.15, 0.2) is 0 Å². The van der Waals surface area contributed by atoms with Crippen molar-refractivity contribution in [2.45, 2.75) is 37.8 Å². The minimum Gasteiger partial charge on any atom is -0.478 e. The van der Waals surface area contributed by atoms with E-state index in [9.17, 15) is 4.79 Å². The number of halogens is 1. The molecule has 1 aliphatic carbocycles. The Bertz CT molecular complexity index is 518. The first-order valence-corrected chi connectivity index (χ1v) is 7.45. The highest BCUT2D eigenvalue weighted by Gasteiger charge is 2.34. The van der Waals surface area contributed by atoms with Crippen molar-refractivity contribution in [1.29, 1.82) is 0 Å². The number of nitrogens with zero attached hydrogens (tertiary/aromatic N) is 1. The second kappa shape index (κ2) is 5.62. The van der Waals surface area contributed by atoms with Crippen LogP contribution in [0.5, 0.6) is 0 Å². The van der Waals surface area contributed by atoms with Gasteiger partial charge in [-0.3, -0.25) is 0 Å². The van der Waals surface area contributed by atoms with Crippen molar-refractivity contribution in [3.05, 3.63) is 28.8 Å². The molecule has 1 aromatic carbocycles. The zero-order chi connectivity index (χ0) is 14.1. The van der Waals surface area contributed by atoms with Gasteiger partial charge in [0.05, 0.1) is 29.3 Å². The number of carboxylic acid groups (broad SMARTS) is 1. The van der Waals surface area contributed by atoms with Crippen LogP contribution < -0.4 is 4.90 Å². The van der Waals surface area contributed by atoms with Gasteiger partial charge < -0.3 is 14.7 Å². The molecule has 0 bridgehead atoms. The second-order valence-electron chi connectivity index (χ2n) is 5.42. The highest BCUT2D eigenvalue weighted by atomic mass is 35.5. The predicted octanol–water partition coefficient (Wildman–Crippen LogP) is 3.19. The standard InChI is InChI=1S/C15H18ClNO3/c16-12-9-10(5-6-11(12)15(18)19)17-7-8-20-14-4-2-1-3-13(14)17/h5-6,9,13-14H,1-4,7-8H2,(H,18,19). The largest absolute Gasteiger partial charge is 0.478 e. The van der Waals surface area contributed by atoms with Crippen LogP contribution in [0, 0.1) is 0 Å². The molecule has 2 unspecified atom stereocenters. The van der Waals surface area contributed by atoms with E-state index in [1.54, 1.807) is 12.1 Å². The van der Waals surface area contributed by atoms with Crippen molar-refractivity contribution in [2.75, 3.05) is 18.1 Å². The summed E-state index contributed by atoms with van der Waals surface area (Å²) in [5.41, 5.74) is 1.16. The van der Waals surface area contributed by atoms with E-state index in [2.05, 4.69) is 4.90 Å². The average Bonchev–Trinajstić information content (AvgIpc) is 2.46.